The lowest BCUT2D eigenvalue weighted by Crippen LogP contribution is -2.36. The van der Waals surface area contributed by atoms with Crippen LogP contribution in [0.25, 0.3) is 0 Å². The molecular weight excluding hydrogens is 274 g/mol. The van der Waals surface area contributed by atoms with E-state index in [1.807, 2.05) is 49.4 Å². The highest BCUT2D eigenvalue weighted by Gasteiger charge is 2.13. The average Bonchev–Trinajstić information content (AvgIpc) is 2.54. The predicted octanol–water partition coefficient (Wildman–Crippen LogP) is 2.60. The number of rotatable bonds is 7. The third kappa shape index (κ3) is 5.01. The molecule has 0 saturated carbocycles. The first-order chi connectivity index (χ1) is 10.7. The van der Waals surface area contributed by atoms with Crippen molar-refractivity contribution in [2.75, 3.05) is 19.7 Å². The minimum absolute atomic E-state index is 0.00553. The number of nitrogens with zero attached hydrogens (tertiary/aromatic N) is 1. The maximum absolute atomic E-state index is 12.4. The maximum Gasteiger partial charge on any atom is 0.227 e. The monoisotopic (exact) mass is 297 g/mol. The summed E-state index contributed by atoms with van der Waals surface area (Å²) < 4.78 is 0. The summed E-state index contributed by atoms with van der Waals surface area (Å²) in [5, 5.41) is 9.19. The summed E-state index contributed by atoms with van der Waals surface area (Å²) >= 11 is 0. The molecule has 0 heterocycles. The van der Waals surface area contributed by atoms with Crippen molar-refractivity contribution in [3.8, 4) is 0 Å². The molecule has 0 bridgehead atoms. The molecule has 0 unspecified atom stereocenters. The first-order valence-electron chi connectivity index (χ1n) is 7.67. The fraction of sp³-hybridized carbons (Fsp3) is 0.316. The molecule has 3 heteroatoms. The topological polar surface area (TPSA) is 40.5 Å². The number of aliphatic hydroxyl groups excluding tert-OH is 1. The van der Waals surface area contributed by atoms with Crippen molar-refractivity contribution in [2.24, 2.45) is 0 Å². The highest BCUT2D eigenvalue weighted by atomic mass is 16.3. The fourth-order valence-corrected chi connectivity index (χ4v) is 2.38. The molecule has 0 aliphatic carbocycles. The lowest BCUT2D eigenvalue weighted by molar-refractivity contribution is -0.131. The minimum Gasteiger partial charge on any atom is -0.395 e. The molecule has 1 N–H and O–H groups in total. The first-order valence-corrected chi connectivity index (χ1v) is 7.67. The number of hydrogen-bond donors (Lipinski definition) is 1. The number of amides is 1. The Bertz CT molecular complexity index is 578. The van der Waals surface area contributed by atoms with Gasteiger partial charge in [-0.25, -0.2) is 0 Å². The third-order valence-corrected chi connectivity index (χ3v) is 3.71. The van der Waals surface area contributed by atoms with Crippen molar-refractivity contribution in [2.45, 2.75) is 19.8 Å². The average molecular weight is 297 g/mol. The van der Waals surface area contributed by atoms with Crippen molar-refractivity contribution in [1.29, 1.82) is 0 Å². The number of aryl methyl sites for hydroxylation is 1. The van der Waals surface area contributed by atoms with Crippen LogP contribution >= 0.6 is 0 Å². The Hall–Kier alpha value is -2.13. The van der Waals surface area contributed by atoms with Crippen LogP contribution in [0.3, 0.4) is 0 Å². The van der Waals surface area contributed by atoms with Crippen LogP contribution in [0.1, 0.15) is 16.7 Å². The van der Waals surface area contributed by atoms with Crippen molar-refractivity contribution >= 4 is 5.91 Å². The number of aliphatic hydroxyl groups is 1. The molecule has 3 nitrogen and oxygen atoms in total. The largest absolute Gasteiger partial charge is 0.395 e. The fourth-order valence-electron chi connectivity index (χ4n) is 2.38. The zero-order chi connectivity index (χ0) is 15.8. The van der Waals surface area contributed by atoms with E-state index in [9.17, 15) is 9.90 Å². The number of benzene rings is 2. The summed E-state index contributed by atoms with van der Waals surface area (Å²) in [7, 11) is 0. The van der Waals surface area contributed by atoms with E-state index in [1.165, 1.54) is 11.1 Å². The second kappa shape index (κ2) is 8.35. The van der Waals surface area contributed by atoms with Crippen LogP contribution in [-0.2, 0) is 17.6 Å². The van der Waals surface area contributed by atoms with Crippen LogP contribution < -0.4 is 0 Å². The zero-order valence-electron chi connectivity index (χ0n) is 13.0. The molecule has 0 saturated heterocycles. The zero-order valence-corrected chi connectivity index (χ0v) is 13.0. The summed E-state index contributed by atoms with van der Waals surface area (Å²) in [6.07, 6.45) is 1.19. The molecule has 2 rings (SSSR count). The van der Waals surface area contributed by atoms with Crippen LogP contribution in [0.15, 0.2) is 54.6 Å². The van der Waals surface area contributed by atoms with Gasteiger partial charge in [0.15, 0.2) is 0 Å². The van der Waals surface area contributed by atoms with Gasteiger partial charge in [0.2, 0.25) is 5.91 Å². The van der Waals surface area contributed by atoms with E-state index in [0.29, 0.717) is 19.5 Å². The molecule has 2 aromatic carbocycles. The van der Waals surface area contributed by atoms with Gasteiger partial charge in [-0.1, -0.05) is 60.2 Å². The smallest absolute Gasteiger partial charge is 0.227 e. The number of carbonyl (C=O) groups excluding carboxylic acids is 1. The minimum atomic E-state index is -0.00553. The van der Waals surface area contributed by atoms with E-state index in [0.717, 1.165) is 12.0 Å². The van der Waals surface area contributed by atoms with Crippen LogP contribution in [0, 0.1) is 6.92 Å². The van der Waals surface area contributed by atoms with Gasteiger partial charge in [-0.15, -0.1) is 0 Å². The van der Waals surface area contributed by atoms with Gasteiger partial charge >= 0.3 is 0 Å². The van der Waals surface area contributed by atoms with Gasteiger partial charge in [0, 0.05) is 13.1 Å². The van der Waals surface area contributed by atoms with Crippen LogP contribution in [0.4, 0.5) is 0 Å². The van der Waals surface area contributed by atoms with Crippen molar-refractivity contribution < 1.29 is 9.90 Å². The van der Waals surface area contributed by atoms with Gasteiger partial charge in [-0.2, -0.15) is 0 Å². The molecule has 0 aliphatic rings. The van der Waals surface area contributed by atoms with Crippen LogP contribution in [-0.4, -0.2) is 35.6 Å². The lowest BCUT2D eigenvalue weighted by atomic mass is 10.1. The Morgan fingerprint density at radius 3 is 2.27 bits per heavy atom. The molecule has 0 aliphatic heterocycles. The molecule has 1 amide bonds. The highest BCUT2D eigenvalue weighted by molar-refractivity contribution is 5.78. The van der Waals surface area contributed by atoms with Gasteiger partial charge in [0.25, 0.3) is 0 Å². The lowest BCUT2D eigenvalue weighted by Gasteiger charge is -2.22. The molecular formula is C19H23NO2. The van der Waals surface area contributed by atoms with E-state index < -0.39 is 0 Å². The molecule has 0 radical (unpaired) electrons. The quantitative estimate of drug-likeness (QED) is 0.853. The third-order valence-electron chi connectivity index (χ3n) is 3.71. The van der Waals surface area contributed by atoms with Crippen molar-refractivity contribution in [3.63, 3.8) is 0 Å². The van der Waals surface area contributed by atoms with Crippen LogP contribution in [0.2, 0.25) is 0 Å². The first kappa shape index (κ1) is 16.2. The Balaban J connectivity index is 1.94. The molecule has 0 atom stereocenters. The second-order valence-corrected chi connectivity index (χ2v) is 5.50. The SMILES string of the molecule is Cc1ccc(CC(=O)N(CCO)CCc2ccccc2)cc1. The van der Waals surface area contributed by atoms with Crippen molar-refractivity contribution in [3.05, 3.63) is 71.3 Å². The molecule has 0 aromatic heterocycles. The van der Waals surface area contributed by atoms with Gasteiger partial charge < -0.3 is 10.0 Å². The summed E-state index contributed by atoms with van der Waals surface area (Å²) in [5.41, 5.74) is 3.40. The maximum atomic E-state index is 12.4. The van der Waals surface area contributed by atoms with Gasteiger partial charge in [0.1, 0.15) is 0 Å². The van der Waals surface area contributed by atoms with E-state index >= 15 is 0 Å². The molecule has 22 heavy (non-hydrogen) atoms. The Morgan fingerprint density at radius 1 is 0.955 bits per heavy atom. The molecule has 0 spiro atoms. The predicted molar refractivity (Wildman–Crippen MR) is 88.7 cm³/mol. The van der Waals surface area contributed by atoms with Crippen LogP contribution in [0.5, 0.6) is 0 Å². The summed E-state index contributed by atoms with van der Waals surface area (Å²) in [6.45, 7) is 3.05. The number of carbonyl (C=O) groups is 1. The molecule has 116 valence electrons. The van der Waals surface area contributed by atoms with Gasteiger partial charge in [-0.3, -0.25) is 4.79 Å². The van der Waals surface area contributed by atoms with E-state index in [4.69, 9.17) is 0 Å². The standard InChI is InChI=1S/C19H23NO2/c1-16-7-9-18(10-8-16)15-19(22)20(13-14-21)12-11-17-5-3-2-4-6-17/h2-10,21H,11-15H2,1H3. The summed E-state index contributed by atoms with van der Waals surface area (Å²) in [4.78, 5) is 14.2. The highest BCUT2D eigenvalue weighted by Crippen LogP contribution is 2.07. The Labute approximate surface area is 132 Å². The van der Waals surface area contributed by atoms with E-state index in [-0.39, 0.29) is 12.5 Å². The second-order valence-electron chi connectivity index (χ2n) is 5.50. The summed E-state index contributed by atoms with van der Waals surface area (Å²) in [5.74, 6) is 0.0637. The summed E-state index contributed by atoms with van der Waals surface area (Å²) in [6, 6.07) is 18.1. The Kier molecular flexibility index (Phi) is 6.16. The Morgan fingerprint density at radius 2 is 1.64 bits per heavy atom. The number of hydrogen-bond acceptors (Lipinski definition) is 2. The molecule has 0 fully saturated rings. The van der Waals surface area contributed by atoms with E-state index in [2.05, 4.69) is 12.1 Å². The molecule has 2 aromatic rings. The van der Waals surface area contributed by atoms with E-state index in [1.54, 1.807) is 4.90 Å². The van der Waals surface area contributed by atoms with Crippen molar-refractivity contribution in [1.82, 2.24) is 4.90 Å². The van der Waals surface area contributed by atoms with Gasteiger partial charge in [0.05, 0.1) is 13.0 Å². The normalized spacial score (nSPS) is 10.5. The van der Waals surface area contributed by atoms with Gasteiger partial charge in [-0.05, 0) is 24.5 Å².